The maximum atomic E-state index is 11.7. The predicted octanol–water partition coefficient (Wildman–Crippen LogP) is 3.17. The van der Waals surface area contributed by atoms with Gasteiger partial charge in [-0.25, -0.2) is 0 Å². The van der Waals surface area contributed by atoms with Gasteiger partial charge in [0.25, 0.3) is 0 Å². The molecule has 2 aromatic rings. The van der Waals surface area contributed by atoms with Gasteiger partial charge in [-0.3, -0.25) is 4.79 Å². The van der Waals surface area contributed by atoms with E-state index in [4.69, 9.17) is 5.73 Å². The van der Waals surface area contributed by atoms with Crippen LogP contribution in [0.25, 0.3) is 10.8 Å². The number of fused-ring (bicyclic) bond motifs is 1. The SMILES string of the molecule is CC(C)[C@H](N)C(=O)NCCSCc1cccc2ccccc12. The molecule has 3 N–H and O–H groups in total. The van der Waals surface area contributed by atoms with Gasteiger partial charge in [-0.2, -0.15) is 11.8 Å². The number of nitrogens with two attached hydrogens (primary N) is 1. The van der Waals surface area contributed by atoms with Crippen LogP contribution in [0.3, 0.4) is 0 Å². The highest BCUT2D eigenvalue weighted by atomic mass is 32.2. The number of carbonyl (C=O) groups is 1. The number of rotatable bonds is 7. The van der Waals surface area contributed by atoms with Gasteiger partial charge < -0.3 is 11.1 Å². The highest BCUT2D eigenvalue weighted by Crippen LogP contribution is 2.22. The fraction of sp³-hybridized carbons (Fsp3) is 0.389. The van der Waals surface area contributed by atoms with E-state index >= 15 is 0 Å². The number of hydrogen-bond donors (Lipinski definition) is 2. The Balaban J connectivity index is 1.78. The molecule has 22 heavy (non-hydrogen) atoms. The van der Waals surface area contributed by atoms with E-state index in [0.717, 1.165) is 11.5 Å². The van der Waals surface area contributed by atoms with Crippen molar-refractivity contribution in [3.8, 4) is 0 Å². The summed E-state index contributed by atoms with van der Waals surface area (Å²) in [6, 6.07) is 14.4. The zero-order valence-electron chi connectivity index (χ0n) is 13.2. The number of hydrogen-bond acceptors (Lipinski definition) is 3. The Morgan fingerprint density at radius 1 is 1.18 bits per heavy atom. The Bertz CT molecular complexity index is 622. The van der Waals surface area contributed by atoms with Crippen molar-refractivity contribution in [3.05, 3.63) is 48.0 Å². The number of nitrogens with one attached hydrogen (secondary N) is 1. The fourth-order valence-electron chi connectivity index (χ4n) is 2.27. The smallest absolute Gasteiger partial charge is 0.237 e. The molecule has 0 aliphatic heterocycles. The van der Waals surface area contributed by atoms with Gasteiger partial charge in [0.2, 0.25) is 5.91 Å². The minimum Gasteiger partial charge on any atom is -0.354 e. The number of amides is 1. The Kier molecular flexibility index (Phi) is 6.28. The van der Waals surface area contributed by atoms with Crippen molar-refractivity contribution in [2.45, 2.75) is 25.6 Å². The monoisotopic (exact) mass is 316 g/mol. The van der Waals surface area contributed by atoms with Gasteiger partial charge in [-0.15, -0.1) is 0 Å². The first-order chi connectivity index (χ1) is 10.6. The van der Waals surface area contributed by atoms with Crippen LogP contribution in [0.5, 0.6) is 0 Å². The van der Waals surface area contributed by atoms with Crippen molar-refractivity contribution in [1.82, 2.24) is 5.32 Å². The molecule has 0 aromatic heterocycles. The Hall–Kier alpha value is -1.52. The second-order valence-electron chi connectivity index (χ2n) is 5.75. The van der Waals surface area contributed by atoms with E-state index in [1.165, 1.54) is 16.3 Å². The molecule has 2 rings (SSSR count). The first-order valence-electron chi connectivity index (χ1n) is 7.67. The van der Waals surface area contributed by atoms with Crippen LogP contribution in [0.2, 0.25) is 0 Å². The van der Waals surface area contributed by atoms with E-state index in [-0.39, 0.29) is 11.8 Å². The summed E-state index contributed by atoms with van der Waals surface area (Å²) in [6.45, 7) is 4.58. The minimum atomic E-state index is -0.414. The van der Waals surface area contributed by atoms with E-state index in [0.29, 0.717) is 6.54 Å². The summed E-state index contributed by atoms with van der Waals surface area (Å²) in [4.78, 5) is 11.7. The molecular weight excluding hydrogens is 292 g/mol. The summed E-state index contributed by atoms with van der Waals surface area (Å²) in [7, 11) is 0. The van der Waals surface area contributed by atoms with Crippen molar-refractivity contribution in [2.75, 3.05) is 12.3 Å². The minimum absolute atomic E-state index is 0.0549. The first kappa shape index (κ1) is 16.8. The molecule has 0 aliphatic rings. The summed E-state index contributed by atoms with van der Waals surface area (Å²) in [6.07, 6.45) is 0. The lowest BCUT2D eigenvalue weighted by Gasteiger charge is -2.15. The first-order valence-corrected chi connectivity index (χ1v) is 8.82. The quantitative estimate of drug-likeness (QED) is 0.771. The van der Waals surface area contributed by atoms with Gasteiger partial charge in [0.15, 0.2) is 0 Å². The molecule has 0 aliphatic carbocycles. The van der Waals surface area contributed by atoms with Crippen LogP contribution in [0.1, 0.15) is 19.4 Å². The lowest BCUT2D eigenvalue weighted by molar-refractivity contribution is -0.123. The topological polar surface area (TPSA) is 55.1 Å². The molecule has 0 fully saturated rings. The summed E-state index contributed by atoms with van der Waals surface area (Å²) in [5.41, 5.74) is 7.15. The molecule has 0 spiro atoms. The Morgan fingerprint density at radius 2 is 1.91 bits per heavy atom. The third kappa shape index (κ3) is 4.49. The van der Waals surface area contributed by atoms with Crippen LogP contribution >= 0.6 is 11.8 Å². The number of thioether (sulfide) groups is 1. The molecule has 0 heterocycles. The zero-order valence-corrected chi connectivity index (χ0v) is 14.0. The van der Waals surface area contributed by atoms with Gasteiger partial charge >= 0.3 is 0 Å². The molecule has 0 saturated heterocycles. The van der Waals surface area contributed by atoms with Crippen molar-refractivity contribution in [3.63, 3.8) is 0 Å². The molecule has 3 nitrogen and oxygen atoms in total. The predicted molar refractivity (Wildman–Crippen MR) is 95.9 cm³/mol. The van der Waals surface area contributed by atoms with E-state index in [1.54, 1.807) is 0 Å². The third-order valence-electron chi connectivity index (χ3n) is 3.70. The largest absolute Gasteiger partial charge is 0.354 e. The highest BCUT2D eigenvalue weighted by molar-refractivity contribution is 7.98. The van der Waals surface area contributed by atoms with Gasteiger partial charge in [0.1, 0.15) is 0 Å². The lowest BCUT2D eigenvalue weighted by atomic mass is 10.1. The maximum Gasteiger partial charge on any atom is 0.237 e. The van der Waals surface area contributed by atoms with Crippen LogP contribution in [-0.2, 0) is 10.5 Å². The molecule has 1 amide bonds. The third-order valence-corrected chi connectivity index (χ3v) is 4.71. The van der Waals surface area contributed by atoms with E-state index in [2.05, 4.69) is 47.8 Å². The van der Waals surface area contributed by atoms with Gasteiger partial charge in [0.05, 0.1) is 6.04 Å². The Morgan fingerprint density at radius 3 is 2.68 bits per heavy atom. The van der Waals surface area contributed by atoms with Crippen LogP contribution in [0, 0.1) is 5.92 Å². The second-order valence-corrected chi connectivity index (χ2v) is 6.86. The molecule has 0 bridgehead atoms. The van der Waals surface area contributed by atoms with Gasteiger partial charge in [-0.05, 0) is 22.3 Å². The van der Waals surface area contributed by atoms with Gasteiger partial charge in [0, 0.05) is 18.1 Å². The van der Waals surface area contributed by atoms with Crippen LogP contribution < -0.4 is 11.1 Å². The zero-order chi connectivity index (χ0) is 15.9. The van der Waals surface area contributed by atoms with Gasteiger partial charge in [-0.1, -0.05) is 56.3 Å². The molecule has 118 valence electrons. The van der Waals surface area contributed by atoms with E-state index in [1.807, 2.05) is 25.6 Å². The van der Waals surface area contributed by atoms with Crippen molar-refractivity contribution in [1.29, 1.82) is 0 Å². The highest BCUT2D eigenvalue weighted by Gasteiger charge is 2.16. The standard InChI is InChI=1S/C18H24N2OS/c1-13(2)17(19)18(21)20-10-11-22-12-15-8-5-7-14-6-3-4-9-16(14)15/h3-9,13,17H,10-12,19H2,1-2H3,(H,20,21)/t17-/m0/s1. The summed E-state index contributed by atoms with van der Waals surface area (Å²) in [5, 5.41) is 5.49. The van der Waals surface area contributed by atoms with E-state index in [9.17, 15) is 4.79 Å². The summed E-state index contributed by atoms with van der Waals surface area (Å²) in [5.74, 6) is 1.96. The molecule has 2 aromatic carbocycles. The second kappa shape index (κ2) is 8.20. The lowest BCUT2D eigenvalue weighted by Crippen LogP contribution is -2.44. The fourth-order valence-corrected chi connectivity index (χ4v) is 3.13. The normalized spacial score (nSPS) is 12.5. The molecule has 1 atom stereocenters. The molecule has 4 heteroatoms. The Labute approximate surface area is 136 Å². The molecule has 0 saturated carbocycles. The van der Waals surface area contributed by atoms with Crippen LogP contribution in [-0.4, -0.2) is 24.2 Å². The number of benzene rings is 2. The molecule has 0 unspecified atom stereocenters. The maximum absolute atomic E-state index is 11.7. The average molecular weight is 316 g/mol. The van der Waals surface area contributed by atoms with E-state index < -0.39 is 6.04 Å². The number of carbonyl (C=O) groups excluding carboxylic acids is 1. The van der Waals surface area contributed by atoms with Crippen molar-refractivity contribution < 1.29 is 4.79 Å². The summed E-state index contributed by atoms with van der Waals surface area (Å²) < 4.78 is 0. The average Bonchev–Trinajstić information content (AvgIpc) is 2.53. The van der Waals surface area contributed by atoms with Crippen LogP contribution in [0.4, 0.5) is 0 Å². The molecular formula is C18H24N2OS. The summed E-state index contributed by atoms with van der Waals surface area (Å²) >= 11 is 1.83. The molecule has 0 radical (unpaired) electrons. The van der Waals surface area contributed by atoms with Crippen molar-refractivity contribution >= 4 is 28.4 Å². The van der Waals surface area contributed by atoms with Crippen LogP contribution in [0.15, 0.2) is 42.5 Å². The van der Waals surface area contributed by atoms with Crippen molar-refractivity contribution in [2.24, 2.45) is 11.7 Å².